The highest BCUT2D eigenvalue weighted by molar-refractivity contribution is 5.97. The summed E-state index contributed by atoms with van der Waals surface area (Å²) in [6.07, 6.45) is 0.871. The Labute approximate surface area is 75.4 Å². The second kappa shape index (κ2) is 4.50. The molecule has 0 fully saturated rings. The van der Waals surface area contributed by atoms with Crippen molar-refractivity contribution in [2.75, 3.05) is 0 Å². The number of benzene rings is 1. The first-order chi connectivity index (χ1) is 6.25. The molecule has 1 aromatic rings. The van der Waals surface area contributed by atoms with E-state index >= 15 is 0 Å². The minimum absolute atomic E-state index is 0.0596. The third kappa shape index (κ3) is 2.47. The summed E-state index contributed by atoms with van der Waals surface area (Å²) in [6.45, 7) is 0. The van der Waals surface area contributed by atoms with Crippen molar-refractivity contribution < 1.29 is 14.0 Å². The van der Waals surface area contributed by atoms with Crippen LogP contribution in [0.1, 0.15) is 23.2 Å². The Morgan fingerprint density at radius 3 is 2.69 bits per heavy atom. The van der Waals surface area contributed by atoms with Crippen molar-refractivity contribution in [1.29, 1.82) is 0 Å². The van der Waals surface area contributed by atoms with E-state index in [0.717, 1.165) is 0 Å². The van der Waals surface area contributed by atoms with Crippen molar-refractivity contribution in [2.45, 2.75) is 12.8 Å². The van der Waals surface area contributed by atoms with Crippen LogP contribution in [0.15, 0.2) is 24.3 Å². The Morgan fingerprint density at radius 2 is 2.08 bits per heavy atom. The van der Waals surface area contributed by atoms with Crippen LogP contribution < -0.4 is 0 Å². The number of hydrogen-bond acceptors (Lipinski definition) is 2. The molecule has 0 bridgehead atoms. The van der Waals surface area contributed by atoms with Gasteiger partial charge in [-0.25, -0.2) is 4.39 Å². The quantitative estimate of drug-likeness (QED) is 0.524. The van der Waals surface area contributed by atoms with E-state index in [2.05, 4.69) is 0 Å². The molecule has 0 amide bonds. The van der Waals surface area contributed by atoms with Gasteiger partial charge in [-0.3, -0.25) is 4.79 Å². The van der Waals surface area contributed by atoms with Crippen LogP contribution in [0.3, 0.4) is 0 Å². The van der Waals surface area contributed by atoms with Gasteiger partial charge in [0.25, 0.3) is 0 Å². The van der Waals surface area contributed by atoms with Gasteiger partial charge in [-0.05, 0) is 12.1 Å². The number of carbonyl (C=O) groups is 2. The van der Waals surface area contributed by atoms with Gasteiger partial charge < -0.3 is 4.79 Å². The Balaban J connectivity index is 2.76. The van der Waals surface area contributed by atoms with E-state index in [4.69, 9.17) is 0 Å². The third-order valence-electron chi connectivity index (χ3n) is 1.66. The smallest absolute Gasteiger partial charge is 0.166 e. The zero-order chi connectivity index (χ0) is 9.68. The van der Waals surface area contributed by atoms with Gasteiger partial charge in [-0.2, -0.15) is 0 Å². The maximum absolute atomic E-state index is 13.0. The highest BCUT2D eigenvalue weighted by Crippen LogP contribution is 2.09. The van der Waals surface area contributed by atoms with Crippen molar-refractivity contribution in [3.05, 3.63) is 35.6 Å². The summed E-state index contributed by atoms with van der Waals surface area (Å²) >= 11 is 0. The molecule has 13 heavy (non-hydrogen) atoms. The lowest BCUT2D eigenvalue weighted by Gasteiger charge is -1.98. The largest absolute Gasteiger partial charge is 0.303 e. The van der Waals surface area contributed by atoms with Crippen LogP contribution in [-0.2, 0) is 4.79 Å². The summed E-state index contributed by atoms with van der Waals surface area (Å²) in [4.78, 5) is 21.2. The van der Waals surface area contributed by atoms with E-state index in [1.807, 2.05) is 0 Å². The molecule has 0 aliphatic rings. The average Bonchev–Trinajstić information content (AvgIpc) is 2.15. The van der Waals surface area contributed by atoms with Crippen molar-refractivity contribution in [2.24, 2.45) is 0 Å². The molecule has 0 saturated carbocycles. The maximum atomic E-state index is 13.0. The van der Waals surface area contributed by atoms with Gasteiger partial charge >= 0.3 is 0 Å². The molecule has 3 heteroatoms. The average molecular weight is 180 g/mol. The van der Waals surface area contributed by atoms with Crippen LogP contribution >= 0.6 is 0 Å². The predicted molar refractivity (Wildman–Crippen MR) is 46.0 cm³/mol. The minimum atomic E-state index is -0.529. The van der Waals surface area contributed by atoms with Gasteiger partial charge in [0.15, 0.2) is 5.78 Å². The summed E-state index contributed by atoms with van der Waals surface area (Å²) in [5.74, 6) is -0.858. The minimum Gasteiger partial charge on any atom is -0.303 e. The molecular weight excluding hydrogens is 171 g/mol. The number of ketones is 1. The number of rotatable bonds is 4. The lowest BCUT2D eigenvalue weighted by atomic mass is 10.1. The predicted octanol–water partition coefficient (Wildman–Crippen LogP) is 1.99. The normalized spacial score (nSPS) is 9.62. The molecule has 1 aromatic carbocycles. The molecular formula is C10H9FO2. The topological polar surface area (TPSA) is 34.1 Å². The second-order valence-corrected chi connectivity index (χ2v) is 2.61. The molecule has 0 spiro atoms. The van der Waals surface area contributed by atoms with Crippen molar-refractivity contribution in [1.82, 2.24) is 0 Å². The summed E-state index contributed by atoms with van der Waals surface area (Å²) in [7, 11) is 0. The van der Waals surface area contributed by atoms with Gasteiger partial charge in [0.2, 0.25) is 0 Å². The van der Waals surface area contributed by atoms with E-state index in [9.17, 15) is 14.0 Å². The number of carbonyl (C=O) groups excluding carboxylic acids is 2. The monoisotopic (exact) mass is 180 g/mol. The molecule has 0 atom stereocenters. The molecule has 0 radical (unpaired) electrons. The fourth-order valence-corrected chi connectivity index (χ4v) is 1.01. The molecule has 1 rings (SSSR count). The molecule has 0 aliphatic heterocycles. The summed E-state index contributed by atoms with van der Waals surface area (Å²) in [5, 5.41) is 0. The van der Waals surface area contributed by atoms with Crippen LogP contribution in [0.2, 0.25) is 0 Å². The summed E-state index contributed by atoms with van der Waals surface area (Å²) in [6, 6.07) is 5.76. The van der Waals surface area contributed by atoms with Crippen LogP contribution in [-0.4, -0.2) is 12.1 Å². The van der Waals surface area contributed by atoms with Crippen LogP contribution in [0.4, 0.5) is 4.39 Å². The van der Waals surface area contributed by atoms with Gasteiger partial charge in [0.05, 0.1) is 5.56 Å². The van der Waals surface area contributed by atoms with Crippen molar-refractivity contribution >= 4 is 12.1 Å². The fourth-order valence-electron chi connectivity index (χ4n) is 1.01. The molecule has 0 aromatic heterocycles. The first-order valence-corrected chi connectivity index (χ1v) is 3.97. The third-order valence-corrected chi connectivity index (χ3v) is 1.66. The van der Waals surface area contributed by atoms with Gasteiger partial charge in [0, 0.05) is 12.8 Å². The highest BCUT2D eigenvalue weighted by atomic mass is 19.1. The summed E-state index contributed by atoms with van der Waals surface area (Å²) < 4.78 is 13.0. The molecule has 0 saturated heterocycles. The molecule has 0 aliphatic carbocycles. The van der Waals surface area contributed by atoms with Crippen LogP contribution in [0, 0.1) is 5.82 Å². The van der Waals surface area contributed by atoms with Crippen molar-refractivity contribution in [3.63, 3.8) is 0 Å². The molecule has 2 nitrogen and oxygen atoms in total. The standard InChI is InChI=1S/C10H9FO2/c11-9-5-2-1-4-8(9)10(13)6-3-7-12/h1-2,4-5,7H,3,6H2. The molecule has 0 heterocycles. The number of Topliss-reactive ketones (excluding diaryl/α,β-unsaturated/α-hetero) is 1. The lowest BCUT2D eigenvalue weighted by Crippen LogP contribution is -2.01. The lowest BCUT2D eigenvalue weighted by molar-refractivity contribution is -0.107. The number of hydrogen-bond donors (Lipinski definition) is 0. The Hall–Kier alpha value is -1.51. The zero-order valence-electron chi connectivity index (χ0n) is 7.00. The zero-order valence-corrected chi connectivity index (χ0v) is 7.00. The Morgan fingerprint density at radius 1 is 1.38 bits per heavy atom. The Bertz CT molecular complexity index is 320. The summed E-state index contributed by atoms with van der Waals surface area (Å²) in [5.41, 5.74) is 0.0596. The Kier molecular flexibility index (Phi) is 3.31. The maximum Gasteiger partial charge on any atom is 0.166 e. The molecule has 0 unspecified atom stereocenters. The number of aldehydes is 1. The first kappa shape index (κ1) is 9.58. The molecule has 68 valence electrons. The van der Waals surface area contributed by atoms with Crippen LogP contribution in [0.25, 0.3) is 0 Å². The van der Waals surface area contributed by atoms with Gasteiger partial charge in [-0.1, -0.05) is 12.1 Å². The first-order valence-electron chi connectivity index (χ1n) is 3.97. The fraction of sp³-hybridized carbons (Fsp3) is 0.200. The van der Waals surface area contributed by atoms with Crippen LogP contribution in [0.5, 0.6) is 0 Å². The van der Waals surface area contributed by atoms with Gasteiger partial charge in [0.1, 0.15) is 12.1 Å². The highest BCUT2D eigenvalue weighted by Gasteiger charge is 2.09. The van der Waals surface area contributed by atoms with E-state index in [1.54, 1.807) is 6.07 Å². The van der Waals surface area contributed by atoms with E-state index in [0.29, 0.717) is 6.29 Å². The van der Waals surface area contributed by atoms with Crippen molar-refractivity contribution in [3.8, 4) is 0 Å². The number of halogens is 1. The van der Waals surface area contributed by atoms with E-state index < -0.39 is 5.82 Å². The SMILES string of the molecule is O=CCCC(=O)c1ccccc1F. The van der Waals surface area contributed by atoms with E-state index in [-0.39, 0.29) is 24.2 Å². The van der Waals surface area contributed by atoms with Gasteiger partial charge in [-0.15, -0.1) is 0 Å². The second-order valence-electron chi connectivity index (χ2n) is 2.61. The van der Waals surface area contributed by atoms with E-state index in [1.165, 1.54) is 18.2 Å². The molecule has 0 N–H and O–H groups in total.